The topological polar surface area (TPSA) is 77.0 Å². The molecule has 3 aromatic rings. The number of hydrogen-bond donors (Lipinski definition) is 1. The van der Waals surface area contributed by atoms with Crippen LogP contribution >= 0.6 is 0 Å². The number of piperazine rings is 1. The Kier molecular flexibility index (Phi) is 10.0. The molecule has 6 rings (SSSR count). The highest BCUT2D eigenvalue weighted by molar-refractivity contribution is 5.99. The number of nitrogens with zero attached hydrogens (tertiary/aromatic N) is 6. The SMILES string of the molecule is CN(CCN1CCN(c2cnn(C3CCC(=O)NC3=O)c2)CC1)[C@H]1CC[C@H](N(Cc2ccccc2)Cc2ccccc2)CC1. The Balaban J connectivity index is 0.941. The van der Waals surface area contributed by atoms with Gasteiger partial charge in [0, 0.05) is 77.1 Å². The molecule has 1 N–H and O–H groups in total. The van der Waals surface area contributed by atoms with E-state index in [2.05, 4.69) is 97.7 Å². The fourth-order valence-electron chi connectivity index (χ4n) is 7.12. The number of hydrogen-bond acceptors (Lipinski definition) is 7. The first-order valence-corrected chi connectivity index (χ1v) is 16.4. The van der Waals surface area contributed by atoms with Gasteiger partial charge in [-0.05, 0) is 50.3 Å². The molecule has 234 valence electrons. The van der Waals surface area contributed by atoms with E-state index >= 15 is 0 Å². The molecule has 2 amide bonds. The van der Waals surface area contributed by atoms with Crippen molar-refractivity contribution in [3.05, 3.63) is 84.2 Å². The highest BCUT2D eigenvalue weighted by atomic mass is 16.2. The molecule has 1 unspecified atom stereocenters. The van der Waals surface area contributed by atoms with E-state index in [1.165, 1.54) is 36.8 Å². The molecule has 0 radical (unpaired) electrons. The van der Waals surface area contributed by atoms with Crippen molar-refractivity contribution < 1.29 is 9.59 Å². The van der Waals surface area contributed by atoms with E-state index in [1.54, 1.807) is 4.68 Å². The number of benzene rings is 2. The molecule has 1 aliphatic carbocycles. The number of carbonyl (C=O) groups excluding carboxylic acids is 2. The fraction of sp³-hybridized carbons (Fsp3) is 0.514. The molecular formula is C35H47N7O2. The smallest absolute Gasteiger partial charge is 0.251 e. The number of aromatic nitrogens is 2. The van der Waals surface area contributed by atoms with Crippen molar-refractivity contribution in [2.24, 2.45) is 0 Å². The third kappa shape index (κ3) is 7.75. The van der Waals surface area contributed by atoms with Crippen LogP contribution in [0.15, 0.2) is 73.1 Å². The van der Waals surface area contributed by atoms with Gasteiger partial charge in [0.1, 0.15) is 6.04 Å². The van der Waals surface area contributed by atoms with Crippen molar-refractivity contribution in [2.75, 3.05) is 51.2 Å². The number of imide groups is 1. The maximum absolute atomic E-state index is 12.2. The quantitative estimate of drug-likeness (QED) is 0.336. The average Bonchev–Trinajstić information content (AvgIpc) is 3.55. The van der Waals surface area contributed by atoms with Gasteiger partial charge in [0.05, 0.1) is 11.9 Å². The Morgan fingerprint density at radius 2 is 1.43 bits per heavy atom. The standard InChI is InChI=1S/C35H47N7O2/c1-38(18-19-39-20-22-40(23-21-39)32-24-36-42(27-32)33-16-17-34(43)37-35(33)44)30-12-14-31(15-13-30)41(25-28-8-4-2-5-9-28)26-29-10-6-3-7-11-29/h2-11,24,27,30-31,33H,12-23,25-26H2,1H3,(H,37,43,44)/t30-,31-,33?. The Morgan fingerprint density at radius 1 is 0.818 bits per heavy atom. The molecule has 2 aromatic carbocycles. The zero-order valence-corrected chi connectivity index (χ0v) is 26.1. The third-order valence-electron chi connectivity index (χ3n) is 9.89. The lowest BCUT2D eigenvalue weighted by molar-refractivity contribution is -0.135. The second kappa shape index (κ2) is 14.5. The lowest BCUT2D eigenvalue weighted by Crippen LogP contribution is -2.49. The zero-order valence-electron chi connectivity index (χ0n) is 26.1. The summed E-state index contributed by atoms with van der Waals surface area (Å²) in [5.41, 5.74) is 3.84. The highest BCUT2D eigenvalue weighted by Crippen LogP contribution is 2.29. The summed E-state index contributed by atoms with van der Waals surface area (Å²) in [5.74, 6) is -0.451. The lowest BCUT2D eigenvalue weighted by Gasteiger charge is -2.41. The molecule has 1 atom stereocenters. The number of likely N-dealkylation sites (N-methyl/N-ethyl adjacent to an activating group) is 1. The number of amides is 2. The molecule has 0 bridgehead atoms. The molecule has 3 heterocycles. The normalized spacial score (nSPS) is 23.3. The van der Waals surface area contributed by atoms with Gasteiger partial charge in [-0.3, -0.25) is 29.4 Å². The number of nitrogens with one attached hydrogen (secondary N) is 1. The van der Waals surface area contributed by atoms with Crippen LogP contribution in [0.5, 0.6) is 0 Å². The van der Waals surface area contributed by atoms with Crippen LogP contribution in [0.4, 0.5) is 5.69 Å². The Hall–Kier alpha value is -3.53. The molecular weight excluding hydrogens is 550 g/mol. The summed E-state index contributed by atoms with van der Waals surface area (Å²) in [4.78, 5) is 34.0. The second-order valence-electron chi connectivity index (χ2n) is 12.8. The van der Waals surface area contributed by atoms with Crippen LogP contribution in [0.2, 0.25) is 0 Å². The van der Waals surface area contributed by atoms with Crippen molar-refractivity contribution in [1.82, 2.24) is 29.8 Å². The summed E-state index contributed by atoms with van der Waals surface area (Å²) < 4.78 is 1.72. The van der Waals surface area contributed by atoms with Crippen molar-refractivity contribution in [1.29, 1.82) is 0 Å². The predicted molar refractivity (Wildman–Crippen MR) is 173 cm³/mol. The maximum atomic E-state index is 12.2. The first-order valence-electron chi connectivity index (χ1n) is 16.4. The molecule has 44 heavy (non-hydrogen) atoms. The fourth-order valence-corrected chi connectivity index (χ4v) is 7.12. The molecule has 9 nitrogen and oxygen atoms in total. The summed E-state index contributed by atoms with van der Waals surface area (Å²) in [5, 5.41) is 6.89. The van der Waals surface area contributed by atoms with Crippen LogP contribution in [0.25, 0.3) is 0 Å². The minimum Gasteiger partial charge on any atom is -0.366 e. The highest BCUT2D eigenvalue weighted by Gasteiger charge is 2.30. The van der Waals surface area contributed by atoms with E-state index in [4.69, 9.17) is 0 Å². The van der Waals surface area contributed by atoms with E-state index < -0.39 is 6.04 Å². The molecule has 1 aromatic heterocycles. The van der Waals surface area contributed by atoms with E-state index in [-0.39, 0.29) is 11.8 Å². The van der Waals surface area contributed by atoms with Crippen LogP contribution < -0.4 is 10.2 Å². The first-order chi connectivity index (χ1) is 21.5. The summed E-state index contributed by atoms with van der Waals surface area (Å²) >= 11 is 0. The van der Waals surface area contributed by atoms with Crippen LogP contribution in [-0.2, 0) is 22.7 Å². The Bertz CT molecular complexity index is 1310. The predicted octanol–water partition coefficient (Wildman–Crippen LogP) is 3.93. The lowest BCUT2D eigenvalue weighted by atomic mass is 9.88. The van der Waals surface area contributed by atoms with Crippen molar-refractivity contribution in [3.8, 4) is 0 Å². The molecule has 1 saturated carbocycles. The molecule has 3 fully saturated rings. The molecule has 9 heteroatoms. The van der Waals surface area contributed by atoms with Crippen molar-refractivity contribution in [3.63, 3.8) is 0 Å². The van der Waals surface area contributed by atoms with Gasteiger partial charge in [-0.1, -0.05) is 60.7 Å². The summed E-state index contributed by atoms with van der Waals surface area (Å²) in [6, 6.07) is 22.7. The third-order valence-corrected chi connectivity index (χ3v) is 9.89. The van der Waals surface area contributed by atoms with Crippen molar-refractivity contribution in [2.45, 2.75) is 69.7 Å². The van der Waals surface area contributed by atoms with Crippen molar-refractivity contribution >= 4 is 17.5 Å². The Morgan fingerprint density at radius 3 is 2.05 bits per heavy atom. The molecule has 3 aliphatic rings. The van der Waals surface area contributed by atoms with Gasteiger partial charge in [-0.15, -0.1) is 0 Å². The molecule has 0 spiro atoms. The molecule has 2 saturated heterocycles. The van der Waals surface area contributed by atoms with E-state index in [9.17, 15) is 9.59 Å². The van der Waals surface area contributed by atoms with Crippen LogP contribution in [0.3, 0.4) is 0 Å². The minimum absolute atomic E-state index is 0.197. The maximum Gasteiger partial charge on any atom is 0.251 e. The number of piperidine rings is 1. The monoisotopic (exact) mass is 597 g/mol. The van der Waals surface area contributed by atoms with E-state index in [0.717, 1.165) is 58.0 Å². The number of carbonyl (C=O) groups is 2. The van der Waals surface area contributed by atoms with Gasteiger partial charge in [-0.2, -0.15) is 5.10 Å². The van der Waals surface area contributed by atoms with Gasteiger partial charge in [-0.25, -0.2) is 0 Å². The van der Waals surface area contributed by atoms with Gasteiger partial charge < -0.3 is 9.80 Å². The second-order valence-corrected chi connectivity index (χ2v) is 12.8. The van der Waals surface area contributed by atoms with Gasteiger partial charge >= 0.3 is 0 Å². The Labute approximate surface area is 261 Å². The van der Waals surface area contributed by atoms with Gasteiger partial charge in [0.15, 0.2) is 0 Å². The van der Waals surface area contributed by atoms with Gasteiger partial charge in [0.25, 0.3) is 5.91 Å². The van der Waals surface area contributed by atoms with Crippen LogP contribution in [0.1, 0.15) is 55.7 Å². The average molecular weight is 598 g/mol. The zero-order chi connectivity index (χ0) is 30.3. The number of rotatable bonds is 11. The van der Waals surface area contributed by atoms with Crippen LogP contribution in [-0.4, -0.2) is 94.7 Å². The first kappa shape index (κ1) is 30.5. The van der Waals surface area contributed by atoms with E-state index in [1.807, 2.05) is 12.4 Å². The number of anilines is 1. The van der Waals surface area contributed by atoms with Crippen LogP contribution in [0, 0.1) is 0 Å². The van der Waals surface area contributed by atoms with E-state index in [0.29, 0.717) is 24.9 Å². The summed E-state index contributed by atoms with van der Waals surface area (Å²) in [6.07, 6.45) is 9.69. The summed E-state index contributed by atoms with van der Waals surface area (Å²) in [6.45, 7) is 8.16. The minimum atomic E-state index is -0.399. The molecule has 2 aliphatic heterocycles. The summed E-state index contributed by atoms with van der Waals surface area (Å²) in [7, 11) is 2.32. The largest absolute Gasteiger partial charge is 0.366 e. The van der Waals surface area contributed by atoms with Gasteiger partial charge in [0.2, 0.25) is 5.91 Å².